The maximum atomic E-state index is 13.1. The number of methoxy groups -OCH3 is 1. The van der Waals surface area contributed by atoms with Crippen LogP contribution in [0.25, 0.3) is 16.7 Å². The smallest absolute Gasteiger partial charge is 0.280 e. The molecule has 2 heterocycles. The number of aromatic nitrogens is 3. The van der Waals surface area contributed by atoms with Crippen molar-refractivity contribution in [1.82, 2.24) is 14.3 Å². The molecule has 8 heteroatoms. The van der Waals surface area contributed by atoms with Gasteiger partial charge in [0.1, 0.15) is 12.3 Å². The summed E-state index contributed by atoms with van der Waals surface area (Å²) in [4.78, 5) is 30.3. The predicted molar refractivity (Wildman–Crippen MR) is 121 cm³/mol. The first-order valence-electron chi connectivity index (χ1n) is 9.81. The molecule has 0 radical (unpaired) electrons. The van der Waals surface area contributed by atoms with E-state index >= 15 is 0 Å². The SMILES string of the molecule is CCc1ccc(-n2c(=O)c3cccnc3n2CC(=O)Nc2ccc(OC)c(Cl)c2)cc1. The first-order chi connectivity index (χ1) is 15.0. The van der Waals surface area contributed by atoms with Crippen molar-refractivity contribution in [2.75, 3.05) is 12.4 Å². The number of hydrogen-bond donors (Lipinski definition) is 1. The number of anilines is 1. The Hall–Kier alpha value is -3.58. The number of halogens is 1. The summed E-state index contributed by atoms with van der Waals surface area (Å²) in [6.45, 7) is 1.97. The summed E-state index contributed by atoms with van der Waals surface area (Å²) in [6.07, 6.45) is 2.50. The third-order valence-corrected chi connectivity index (χ3v) is 5.31. The fraction of sp³-hybridized carbons (Fsp3) is 0.174. The summed E-state index contributed by atoms with van der Waals surface area (Å²) >= 11 is 6.15. The lowest BCUT2D eigenvalue weighted by Crippen LogP contribution is -2.27. The molecule has 0 aliphatic carbocycles. The molecule has 2 aromatic heterocycles. The van der Waals surface area contributed by atoms with E-state index < -0.39 is 0 Å². The van der Waals surface area contributed by atoms with Crippen molar-refractivity contribution in [2.24, 2.45) is 0 Å². The van der Waals surface area contributed by atoms with Gasteiger partial charge in [-0.15, -0.1) is 0 Å². The minimum absolute atomic E-state index is 0.102. The highest BCUT2D eigenvalue weighted by atomic mass is 35.5. The number of carbonyl (C=O) groups excluding carboxylic acids is 1. The first-order valence-corrected chi connectivity index (χ1v) is 10.2. The summed E-state index contributed by atoms with van der Waals surface area (Å²) in [5.41, 5.74) is 2.57. The molecule has 31 heavy (non-hydrogen) atoms. The molecule has 2 aromatic carbocycles. The number of amides is 1. The number of ether oxygens (including phenoxy) is 1. The molecule has 4 rings (SSSR count). The number of pyridine rings is 1. The van der Waals surface area contributed by atoms with Gasteiger partial charge in [-0.3, -0.25) is 14.3 Å². The van der Waals surface area contributed by atoms with Crippen molar-refractivity contribution >= 4 is 34.2 Å². The van der Waals surface area contributed by atoms with Crippen molar-refractivity contribution in [3.8, 4) is 11.4 Å². The summed E-state index contributed by atoms with van der Waals surface area (Å²) < 4.78 is 8.20. The van der Waals surface area contributed by atoms with Gasteiger partial charge in [0.15, 0.2) is 5.65 Å². The molecule has 0 aliphatic heterocycles. The summed E-state index contributed by atoms with van der Waals surface area (Å²) in [5.74, 6) is 0.201. The molecule has 0 fully saturated rings. The van der Waals surface area contributed by atoms with Gasteiger partial charge in [-0.2, -0.15) is 0 Å². The van der Waals surface area contributed by atoms with Gasteiger partial charge >= 0.3 is 0 Å². The molecule has 1 amide bonds. The van der Waals surface area contributed by atoms with E-state index in [1.165, 1.54) is 11.8 Å². The van der Waals surface area contributed by atoms with E-state index in [1.807, 2.05) is 24.3 Å². The number of aryl methyl sites for hydroxylation is 1. The molecule has 0 saturated carbocycles. The number of carbonyl (C=O) groups is 1. The predicted octanol–water partition coefficient (Wildman–Crippen LogP) is 4.05. The van der Waals surface area contributed by atoms with E-state index in [4.69, 9.17) is 16.3 Å². The van der Waals surface area contributed by atoms with Crippen molar-refractivity contribution in [2.45, 2.75) is 19.9 Å². The molecule has 0 bridgehead atoms. The zero-order chi connectivity index (χ0) is 22.0. The summed E-state index contributed by atoms with van der Waals surface area (Å²) in [6, 6.07) is 16.1. The highest BCUT2D eigenvalue weighted by molar-refractivity contribution is 6.32. The Balaban J connectivity index is 1.71. The summed E-state index contributed by atoms with van der Waals surface area (Å²) in [7, 11) is 1.52. The van der Waals surface area contributed by atoms with Crippen molar-refractivity contribution < 1.29 is 9.53 Å². The van der Waals surface area contributed by atoms with E-state index in [2.05, 4.69) is 17.2 Å². The van der Waals surface area contributed by atoms with E-state index in [0.29, 0.717) is 33.2 Å². The molecule has 7 nitrogen and oxygen atoms in total. The van der Waals surface area contributed by atoms with Crippen LogP contribution in [-0.2, 0) is 17.8 Å². The van der Waals surface area contributed by atoms with Gasteiger partial charge in [0, 0.05) is 11.9 Å². The van der Waals surface area contributed by atoms with Crippen LogP contribution >= 0.6 is 11.6 Å². The maximum Gasteiger partial charge on any atom is 0.280 e. The van der Waals surface area contributed by atoms with Gasteiger partial charge in [-0.05, 0) is 54.4 Å². The van der Waals surface area contributed by atoms with Gasteiger partial charge in [0.2, 0.25) is 5.91 Å². The molecule has 0 atom stereocenters. The second-order valence-corrected chi connectivity index (χ2v) is 7.37. The van der Waals surface area contributed by atoms with E-state index in [-0.39, 0.29) is 18.0 Å². The standard InChI is InChI=1S/C23H21ClN4O3/c1-3-15-6-9-17(10-7-15)28-23(30)18-5-4-12-25-22(18)27(28)14-21(29)26-16-8-11-20(31-2)19(24)13-16/h4-13H,3,14H2,1-2H3,(H,26,29). The number of hydrogen-bond acceptors (Lipinski definition) is 4. The minimum Gasteiger partial charge on any atom is -0.495 e. The number of rotatable bonds is 6. The lowest BCUT2D eigenvalue weighted by molar-refractivity contribution is -0.116. The van der Waals surface area contributed by atoms with Crippen LogP contribution in [0.2, 0.25) is 5.02 Å². The lowest BCUT2D eigenvalue weighted by atomic mass is 10.1. The number of nitrogens with zero attached hydrogens (tertiary/aromatic N) is 3. The fourth-order valence-electron chi connectivity index (χ4n) is 3.44. The Morgan fingerprint density at radius 2 is 1.94 bits per heavy atom. The van der Waals surface area contributed by atoms with Gasteiger partial charge in [0.25, 0.3) is 5.56 Å². The lowest BCUT2D eigenvalue weighted by Gasteiger charge is -2.13. The van der Waals surface area contributed by atoms with Crippen LogP contribution in [0, 0.1) is 0 Å². The average molecular weight is 437 g/mol. The Kier molecular flexibility index (Phi) is 5.77. The maximum absolute atomic E-state index is 13.1. The van der Waals surface area contributed by atoms with Crippen molar-refractivity contribution in [1.29, 1.82) is 0 Å². The Bertz CT molecular complexity index is 1310. The normalized spacial score (nSPS) is 10.9. The molecule has 4 aromatic rings. The highest BCUT2D eigenvalue weighted by Crippen LogP contribution is 2.27. The van der Waals surface area contributed by atoms with Crippen LogP contribution in [0.3, 0.4) is 0 Å². The zero-order valence-electron chi connectivity index (χ0n) is 17.1. The van der Waals surface area contributed by atoms with Crippen molar-refractivity contribution in [3.63, 3.8) is 0 Å². The molecule has 0 unspecified atom stereocenters. The van der Waals surface area contributed by atoms with Crippen LogP contribution in [0.4, 0.5) is 5.69 Å². The van der Waals surface area contributed by atoms with Crippen LogP contribution < -0.4 is 15.6 Å². The number of fused-ring (bicyclic) bond motifs is 1. The zero-order valence-corrected chi connectivity index (χ0v) is 17.9. The largest absolute Gasteiger partial charge is 0.495 e. The monoisotopic (exact) mass is 436 g/mol. The fourth-order valence-corrected chi connectivity index (χ4v) is 3.70. The molecule has 0 saturated heterocycles. The van der Waals surface area contributed by atoms with E-state index in [1.54, 1.807) is 41.2 Å². The van der Waals surface area contributed by atoms with Gasteiger partial charge in [0.05, 0.1) is 23.2 Å². The molecule has 0 aliphatic rings. The number of benzene rings is 2. The van der Waals surface area contributed by atoms with E-state index in [0.717, 1.165) is 12.0 Å². The Morgan fingerprint density at radius 3 is 2.61 bits per heavy atom. The molecular weight excluding hydrogens is 416 g/mol. The second-order valence-electron chi connectivity index (χ2n) is 6.97. The third-order valence-electron chi connectivity index (χ3n) is 5.01. The summed E-state index contributed by atoms with van der Waals surface area (Å²) in [5, 5.41) is 3.65. The van der Waals surface area contributed by atoms with Gasteiger partial charge in [-0.1, -0.05) is 30.7 Å². The van der Waals surface area contributed by atoms with Crippen LogP contribution in [-0.4, -0.2) is 27.4 Å². The van der Waals surface area contributed by atoms with Crippen LogP contribution in [0.1, 0.15) is 12.5 Å². The molecule has 1 N–H and O–H groups in total. The first kappa shape index (κ1) is 20.7. The van der Waals surface area contributed by atoms with E-state index in [9.17, 15) is 9.59 Å². The van der Waals surface area contributed by atoms with Gasteiger partial charge < -0.3 is 10.1 Å². The molecule has 158 valence electrons. The van der Waals surface area contributed by atoms with Crippen molar-refractivity contribution in [3.05, 3.63) is 81.7 Å². The highest BCUT2D eigenvalue weighted by Gasteiger charge is 2.18. The quantitative estimate of drug-likeness (QED) is 0.494. The van der Waals surface area contributed by atoms with Gasteiger partial charge in [-0.25, -0.2) is 9.67 Å². The van der Waals surface area contributed by atoms with Crippen LogP contribution in [0.5, 0.6) is 5.75 Å². The van der Waals surface area contributed by atoms with Crippen LogP contribution in [0.15, 0.2) is 65.6 Å². The topological polar surface area (TPSA) is 78.2 Å². The molecule has 0 spiro atoms. The minimum atomic E-state index is -0.317. The Morgan fingerprint density at radius 1 is 1.16 bits per heavy atom. The Labute approximate surface area is 183 Å². The average Bonchev–Trinajstić information content (AvgIpc) is 3.05. The third kappa shape index (κ3) is 4.04. The molecular formula is C23H21ClN4O3. The number of nitrogens with one attached hydrogen (secondary N) is 1. The second kappa shape index (κ2) is 8.65.